The fourth-order valence-electron chi connectivity index (χ4n) is 5.16. The van der Waals surface area contributed by atoms with Crippen LogP contribution in [0.2, 0.25) is 0 Å². The predicted octanol–water partition coefficient (Wildman–Crippen LogP) is 2.72. The van der Waals surface area contributed by atoms with Gasteiger partial charge in [0.1, 0.15) is 11.9 Å². The van der Waals surface area contributed by atoms with Crippen molar-refractivity contribution in [3.05, 3.63) is 70.3 Å². The van der Waals surface area contributed by atoms with Crippen molar-refractivity contribution >= 4 is 29.3 Å². The lowest BCUT2D eigenvalue weighted by molar-refractivity contribution is -0.133. The molecule has 0 radical (unpaired) electrons. The van der Waals surface area contributed by atoms with Gasteiger partial charge in [0.15, 0.2) is 5.66 Å². The van der Waals surface area contributed by atoms with E-state index in [1.807, 2.05) is 18.2 Å². The molecule has 38 heavy (non-hydrogen) atoms. The van der Waals surface area contributed by atoms with Crippen LogP contribution in [0.15, 0.2) is 64.8 Å². The van der Waals surface area contributed by atoms with E-state index in [1.54, 1.807) is 31.4 Å². The molecule has 1 aromatic carbocycles. The third-order valence-electron chi connectivity index (χ3n) is 7.10. The van der Waals surface area contributed by atoms with Gasteiger partial charge in [-0.05, 0) is 73.9 Å². The number of carboxylic acids is 2. The van der Waals surface area contributed by atoms with Crippen molar-refractivity contribution in [1.29, 1.82) is 0 Å². The normalized spacial score (nSPS) is 20.3. The lowest BCUT2D eigenvalue weighted by atomic mass is 9.89. The number of carboxylic acid groups (broad SMARTS) is 2. The number of rotatable bonds is 9. The summed E-state index contributed by atoms with van der Waals surface area (Å²) < 4.78 is 11.1. The zero-order valence-corrected chi connectivity index (χ0v) is 21.2. The summed E-state index contributed by atoms with van der Waals surface area (Å²) in [5.41, 5.74) is 0.309. The fraction of sp³-hybridized carbons (Fsp3) is 0.357. The Morgan fingerprint density at radius 1 is 0.868 bits per heavy atom. The van der Waals surface area contributed by atoms with Gasteiger partial charge in [0.2, 0.25) is 11.8 Å². The smallest absolute Gasteiger partial charge is 0.332 e. The highest BCUT2D eigenvalue weighted by molar-refractivity contribution is 6.05. The quantitative estimate of drug-likeness (QED) is 0.362. The van der Waals surface area contributed by atoms with Crippen LogP contribution >= 0.6 is 0 Å². The summed E-state index contributed by atoms with van der Waals surface area (Å²) in [7, 11) is 2.98. The van der Waals surface area contributed by atoms with Crippen LogP contribution in [0.3, 0.4) is 0 Å². The van der Waals surface area contributed by atoms with Crippen molar-refractivity contribution in [3.63, 3.8) is 0 Å². The first kappa shape index (κ1) is 26.9. The average molecular weight is 523 g/mol. The number of ether oxygens (including phenoxy) is 2. The second-order valence-electron chi connectivity index (χ2n) is 9.35. The highest BCUT2D eigenvalue weighted by Gasteiger charge is 2.43. The molecule has 0 aliphatic heterocycles. The lowest BCUT2D eigenvalue weighted by Crippen LogP contribution is -2.67. The van der Waals surface area contributed by atoms with Gasteiger partial charge >= 0.3 is 11.9 Å². The van der Waals surface area contributed by atoms with Crippen molar-refractivity contribution in [2.45, 2.75) is 50.3 Å². The van der Waals surface area contributed by atoms with E-state index in [0.29, 0.717) is 18.6 Å². The Balaban J connectivity index is 1.74. The number of carbonyl (C=O) groups is 4. The van der Waals surface area contributed by atoms with Gasteiger partial charge in [0, 0.05) is 29.4 Å². The molecule has 2 amide bonds. The van der Waals surface area contributed by atoms with Crippen molar-refractivity contribution in [2.75, 3.05) is 14.2 Å². The number of benzene rings is 1. The Hall–Kier alpha value is -4.18. The van der Waals surface area contributed by atoms with Crippen LogP contribution in [-0.2, 0) is 23.9 Å². The van der Waals surface area contributed by atoms with E-state index in [9.17, 15) is 29.4 Å². The standard InChI is InChI=1S/C28H30N2O8/c1-37-18-7-3-6-16(14-18)17-12-13-28(23(15-17)38-2,29-24(31)19-8-4-10-21(19)26(33)34)30-25(32)20-9-5-11-22(20)27(35)36/h3,6-7,12-15,23H,4-5,8-11H2,1-2H3,(H,29,31)(H,30,32)(H,33,34)(H,35,36). The molecule has 0 saturated carbocycles. The van der Waals surface area contributed by atoms with Gasteiger partial charge in [-0.1, -0.05) is 18.2 Å². The van der Waals surface area contributed by atoms with Crippen LogP contribution in [0.5, 0.6) is 5.75 Å². The highest BCUT2D eigenvalue weighted by atomic mass is 16.5. The Labute approximate surface area is 219 Å². The molecule has 0 bridgehead atoms. The number of methoxy groups -OCH3 is 2. The molecule has 0 aromatic heterocycles. The second kappa shape index (κ2) is 11.1. The van der Waals surface area contributed by atoms with E-state index in [1.165, 1.54) is 7.11 Å². The molecule has 4 rings (SSSR count). The van der Waals surface area contributed by atoms with Crippen LogP contribution in [-0.4, -0.2) is 60.0 Å². The first-order valence-corrected chi connectivity index (χ1v) is 12.3. The Morgan fingerprint density at radius 3 is 1.92 bits per heavy atom. The molecule has 0 spiro atoms. The molecule has 10 nitrogen and oxygen atoms in total. The van der Waals surface area contributed by atoms with Crippen molar-refractivity contribution < 1.29 is 38.9 Å². The Bertz CT molecular complexity index is 1250. The van der Waals surface area contributed by atoms with Gasteiger partial charge in [-0.25, -0.2) is 9.59 Å². The van der Waals surface area contributed by atoms with E-state index in [-0.39, 0.29) is 48.0 Å². The fourth-order valence-corrected chi connectivity index (χ4v) is 5.16. The number of allylic oxidation sites excluding steroid dienone is 2. The zero-order valence-electron chi connectivity index (χ0n) is 21.2. The van der Waals surface area contributed by atoms with Gasteiger partial charge in [0.25, 0.3) is 0 Å². The minimum atomic E-state index is -1.61. The third kappa shape index (κ3) is 5.26. The zero-order chi connectivity index (χ0) is 27.4. The molecule has 1 unspecified atom stereocenters. The van der Waals surface area contributed by atoms with E-state index >= 15 is 0 Å². The van der Waals surface area contributed by atoms with Crippen LogP contribution in [0.25, 0.3) is 5.57 Å². The van der Waals surface area contributed by atoms with E-state index < -0.39 is 35.5 Å². The van der Waals surface area contributed by atoms with Gasteiger partial charge in [-0.15, -0.1) is 0 Å². The average Bonchev–Trinajstić information content (AvgIpc) is 3.59. The number of aliphatic carboxylic acids is 2. The molecule has 4 N–H and O–H groups in total. The summed E-state index contributed by atoms with van der Waals surface area (Å²) in [6.07, 6.45) is 6.31. The first-order valence-electron chi connectivity index (χ1n) is 12.3. The monoisotopic (exact) mass is 522 g/mol. The molecule has 1 atom stereocenters. The number of nitrogens with one attached hydrogen (secondary N) is 2. The summed E-state index contributed by atoms with van der Waals surface area (Å²) in [5.74, 6) is -2.94. The maximum Gasteiger partial charge on any atom is 0.332 e. The summed E-state index contributed by atoms with van der Waals surface area (Å²) in [4.78, 5) is 50.1. The third-order valence-corrected chi connectivity index (χ3v) is 7.10. The number of amides is 2. The largest absolute Gasteiger partial charge is 0.497 e. The molecule has 3 aliphatic rings. The minimum absolute atomic E-state index is 0.0389. The highest BCUT2D eigenvalue weighted by Crippen LogP contribution is 2.33. The van der Waals surface area contributed by atoms with Gasteiger partial charge in [-0.2, -0.15) is 0 Å². The van der Waals surface area contributed by atoms with Crippen LogP contribution in [0.4, 0.5) is 0 Å². The van der Waals surface area contributed by atoms with E-state index in [2.05, 4.69) is 10.6 Å². The van der Waals surface area contributed by atoms with Crippen LogP contribution in [0, 0.1) is 0 Å². The second-order valence-corrected chi connectivity index (χ2v) is 9.35. The van der Waals surface area contributed by atoms with Crippen LogP contribution in [0.1, 0.15) is 44.1 Å². The predicted molar refractivity (Wildman–Crippen MR) is 137 cm³/mol. The molecular weight excluding hydrogens is 492 g/mol. The summed E-state index contributed by atoms with van der Waals surface area (Å²) >= 11 is 0. The SMILES string of the molecule is COc1cccc(C2=CC(OC)C(NC(=O)C3=C(C(=O)O)CCC3)(NC(=O)C3=C(C(=O)O)CCC3)C=C2)c1. The van der Waals surface area contributed by atoms with Crippen molar-refractivity contribution in [3.8, 4) is 5.75 Å². The number of hydrogen-bond donors (Lipinski definition) is 4. The van der Waals surface area contributed by atoms with Crippen LogP contribution < -0.4 is 15.4 Å². The topological polar surface area (TPSA) is 151 Å². The molecule has 0 fully saturated rings. The summed E-state index contributed by atoms with van der Waals surface area (Å²) in [5, 5.41) is 24.7. The molecule has 1 aromatic rings. The molecule has 3 aliphatic carbocycles. The van der Waals surface area contributed by atoms with Crippen molar-refractivity contribution in [1.82, 2.24) is 10.6 Å². The molecule has 0 heterocycles. The summed E-state index contributed by atoms with van der Waals surface area (Å²) in [6, 6.07) is 7.34. The van der Waals surface area contributed by atoms with E-state index in [0.717, 1.165) is 11.1 Å². The first-order chi connectivity index (χ1) is 18.2. The molecule has 0 saturated heterocycles. The van der Waals surface area contributed by atoms with E-state index in [4.69, 9.17) is 9.47 Å². The number of carbonyl (C=O) groups excluding carboxylic acids is 2. The summed E-state index contributed by atoms with van der Waals surface area (Å²) in [6.45, 7) is 0. The maximum atomic E-state index is 13.4. The molecule has 200 valence electrons. The number of hydrogen-bond acceptors (Lipinski definition) is 6. The lowest BCUT2D eigenvalue weighted by Gasteiger charge is -2.40. The van der Waals surface area contributed by atoms with Gasteiger partial charge in [-0.3, -0.25) is 9.59 Å². The molecule has 10 heteroatoms. The minimum Gasteiger partial charge on any atom is -0.497 e. The van der Waals surface area contributed by atoms with Gasteiger partial charge in [0.05, 0.1) is 7.11 Å². The van der Waals surface area contributed by atoms with Gasteiger partial charge < -0.3 is 30.3 Å². The van der Waals surface area contributed by atoms with Crippen molar-refractivity contribution in [2.24, 2.45) is 0 Å². The Morgan fingerprint density at radius 2 is 1.42 bits per heavy atom. The molecular formula is C28H30N2O8. The maximum absolute atomic E-state index is 13.4. The Kier molecular flexibility index (Phi) is 7.82.